The first-order valence-corrected chi connectivity index (χ1v) is 6.85. The summed E-state index contributed by atoms with van der Waals surface area (Å²) in [6.07, 6.45) is 0.603. The van der Waals surface area contributed by atoms with Crippen molar-refractivity contribution < 1.29 is 13.2 Å². The molecule has 16 heavy (non-hydrogen) atoms. The Hall–Kier alpha value is -0.860. The minimum Gasteiger partial charge on any atom is -0.321 e. The highest BCUT2D eigenvalue weighted by Crippen LogP contribution is 2.08. The number of urea groups is 1. The Morgan fingerprint density at radius 3 is 2.31 bits per heavy atom. The summed E-state index contributed by atoms with van der Waals surface area (Å²) >= 11 is 0. The fourth-order valence-electron chi connectivity index (χ4n) is 1.65. The van der Waals surface area contributed by atoms with Crippen LogP contribution in [0.3, 0.4) is 0 Å². The van der Waals surface area contributed by atoms with E-state index in [4.69, 9.17) is 5.84 Å². The SMILES string of the molecule is CCCS(=O)(=O)N1CCN(C(=O)NN)CC1. The van der Waals surface area contributed by atoms with E-state index in [2.05, 4.69) is 0 Å². The number of nitrogens with two attached hydrogens (primary N) is 1. The van der Waals surface area contributed by atoms with Crippen molar-refractivity contribution in [3.8, 4) is 0 Å². The monoisotopic (exact) mass is 250 g/mol. The Bertz CT molecular complexity index is 335. The van der Waals surface area contributed by atoms with Crippen molar-refractivity contribution in [3.63, 3.8) is 0 Å². The zero-order chi connectivity index (χ0) is 12.2. The number of hydrogen-bond donors (Lipinski definition) is 2. The molecule has 0 saturated carbocycles. The molecule has 7 nitrogen and oxygen atoms in total. The maximum atomic E-state index is 11.7. The van der Waals surface area contributed by atoms with E-state index < -0.39 is 10.0 Å². The van der Waals surface area contributed by atoms with E-state index in [-0.39, 0.29) is 11.8 Å². The highest BCUT2D eigenvalue weighted by Gasteiger charge is 2.27. The minimum atomic E-state index is -3.15. The molecule has 0 aromatic carbocycles. The number of rotatable bonds is 3. The predicted octanol–water partition coefficient (Wildman–Crippen LogP) is -1.07. The van der Waals surface area contributed by atoms with E-state index in [1.807, 2.05) is 12.3 Å². The molecule has 0 spiro atoms. The van der Waals surface area contributed by atoms with Gasteiger partial charge < -0.3 is 4.90 Å². The largest absolute Gasteiger partial charge is 0.331 e. The number of hydrogen-bond acceptors (Lipinski definition) is 4. The van der Waals surface area contributed by atoms with E-state index in [1.54, 1.807) is 0 Å². The van der Waals surface area contributed by atoms with Crippen LogP contribution < -0.4 is 11.3 Å². The quantitative estimate of drug-likeness (QED) is 0.378. The maximum absolute atomic E-state index is 11.7. The molecule has 1 aliphatic rings. The molecule has 1 saturated heterocycles. The standard InChI is InChI=1S/C8H18N4O3S/c1-2-7-16(14,15)12-5-3-11(4-6-12)8(13)10-9/h2-7,9H2,1H3,(H,10,13). The van der Waals surface area contributed by atoms with Crippen LogP contribution in [-0.4, -0.2) is 55.6 Å². The summed E-state index contributed by atoms with van der Waals surface area (Å²) in [6.45, 7) is 3.28. The van der Waals surface area contributed by atoms with Crippen molar-refractivity contribution in [2.24, 2.45) is 5.84 Å². The number of carbonyl (C=O) groups excluding carboxylic acids is 1. The average molecular weight is 250 g/mol. The van der Waals surface area contributed by atoms with Gasteiger partial charge in [0.15, 0.2) is 0 Å². The van der Waals surface area contributed by atoms with Gasteiger partial charge >= 0.3 is 6.03 Å². The van der Waals surface area contributed by atoms with Crippen molar-refractivity contribution in [3.05, 3.63) is 0 Å². The fraction of sp³-hybridized carbons (Fsp3) is 0.875. The number of amides is 2. The fourth-order valence-corrected chi connectivity index (χ4v) is 3.14. The van der Waals surface area contributed by atoms with Crippen LogP contribution >= 0.6 is 0 Å². The lowest BCUT2D eigenvalue weighted by atomic mass is 10.4. The Balaban J connectivity index is 2.52. The second-order valence-corrected chi connectivity index (χ2v) is 5.74. The molecule has 1 rings (SSSR count). The Morgan fingerprint density at radius 2 is 1.88 bits per heavy atom. The van der Waals surface area contributed by atoms with E-state index in [9.17, 15) is 13.2 Å². The van der Waals surface area contributed by atoms with Crippen LogP contribution in [0.2, 0.25) is 0 Å². The first-order valence-electron chi connectivity index (χ1n) is 5.24. The van der Waals surface area contributed by atoms with Gasteiger partial charge in [0.1, 0.15) is 0 Å². The summed E-state index contributed by atoms with van der Waals surface area (Å²) in [5.41, 5.74) is 2.03. The van der Waals surface area contributed by atoms with Crippen molar-refractivity contribution in [1.29, 1.82) is 0 Å². The summed E-state index contributed by atoms with van der Waals surface area (Å²) < 4.78 is 24.9. The molecule has 0 atom stereocenters. The van der Waals surface area contributed by atoms with Crippen molar-refractivity contribution >= 4 is 16.1 Å². The molecule has 0 aliphatic carbocycles. The molecule has 3 N–H and O–H groups in total. The lowest BCUT2D eigenvalue weighted by molar-refractivity contribution is 0.172. The third-order valence-corrected chi connectivity index (χ3v) is 4.58. The number of piperazine rings is 1. The van der Waals surface area contributed by atoms with Gasteiger partial charge in [-0.05, 0) is 6.42 Å². The number of hydrazine groups is 1. The van der Waals surface area contributed by atoms with Gasteiger partial charge in [-0.3, -0.25) is 5.43 Å². The molecule has 0 radical (unpaired) electrons. The highest BCUT2D eigenvalue weighted by atomic mass is 32.2. The van der Waals surface area contributed by atoms with E-state index in [0.29, 0.717) is 32.6 Å². The molecule has 8 heteroatoms. The number of nitrogens with zero attached hydrogens (tertiary/aromatic N) is 2. The van der Waals surface area contributed by atoms with Crippen LogP contribution in [0.25, 0.3) is 0 Å². The summed E-state index contributed by atoms with van der Waals surface area (Å²) in [5, 5.41) is 0. The number of nitrogens with one attached hydrogen (secondary N) is 1. The summed E-state index contributed by atoms with van der Waals surface area (Å²) in [6, 6.07) is -0.368. The number of sulfonamides is 1. The topological polar surface area (TPSA) is 95.7 Å². The van der Waals surface area contributed by atoms with Gasteiger partial charge in [0.2, 0.25) is 10.0 Å². The molecule has 2 amide bonds. The molecular formula is C8H18N4O3S. The van der Waals surface area contributed by atoms with Crippen LogP contribution in [0.15, 0.2) is 0 Å². The molecule has 0 bridgehead atoms. The first kappa shape index (κ1) is 13.2. The van der Waals surface area contributed by atoms with Crippen LogP contribution in [0.4, 0.5) is 4.79 Å². The first-order chi connectivity index (χ1) is 7.51. The van der Waals surface area contributed by atoms with Gasteiger partial charge in [0.05, 0.1) is 5.75 Å². The third kappa shape index (κ3) is 3.06. The summed E-state index contributed by atoms with van der Waals surface area (Å²) in [7, 11) is -3.15. The Morgan fingerprint density at radius 1 is 1.31 bits per heavy atom. The minimum absolute atomic E-state index is 0.163. The van der Waals surface area contributed by atoms with Crippen LogP contribution in [0.1, 0.15) is 13.3 Å². The van der Waals surface area contributed by atoms with Gasteiger partial charge in [-0.25, -0.2) is 19.1 Å². The normalized spacial score (nSPS) is 18.5. The summed E-state index contributed by atoms with van der Waals surface area (Å²) in [5.74, 6) is 5.16. The van der Waals surface area contributed by atoms with Crippen molar-refractivity contribution in [2.75, 3.05) is 31.9 Å². The Labute approximate surface area is 95.6 Å². The van der Waals surface area contributed by atoms with Crippen molar-refractivity contribution in [2.45, 2.75) is 13.3 Å². The van der Waals surface area contributed by atoms with E-state index >= 15 is 0 Å². The average Bonchev–Trinajstić information content (AvgIpc) is 2.28. The van der Waals surface area contributed by atoms with Gasteiger partial charge in [-0.2, -0.15) is 4.31 Å². The highest BCUT2D eigenvalue weighted by molar-refractivity contribution is 7.89. The zero-order valence-corrected chi connectivity index (χ0v) is 10.2. The number of carbonyl (C=O) groups is 1. The van der Waals surface area contributed by atoms with E-state index in [0.717, 1.165) is 0 Å². The Kier molecular flexibility index (Phi) is 4.51. The van der Waals surface area contributed by atoms with Gasteiger partial charge in [0.25, 0.3) is 0 Å². The second-order valence-electron chi connectivity index (χ2n) is 3.65. The lowest BCUT2D eigenvalue weighted by Gasteiger charge is -2.33. The molecule has 1 heterocycles. The molecule has 0 aromatic heterocycles. The summed E-state index contributed by atoms with van der Waals surface area (Å²) in [4.78, 5) is 12.7. The van der Waals surface area contributed by atoms with Gasteiger partial charge in [-0.15, -0.1) is 0 Å². The second kappa shape index (κ2) is 5.46. The van der Waals surface area contributed by atoms with Crippen LogP contribution in [0.5, 0.6) is 0 Å². The van der Waals surface area contributed by atoms with E-state index in [1.165, 1.54) is 9.21 Å². The lowest BCUT2D eigenvalue weighted by Crippen LogP contribution is -2.54. The molecule has 0 aromatic rings. The predicted molar refractivity (Wildman–Crippen MR) is 59.9 cm³/mol. The van der Waals surface area contributed by atoms with Gasteiger partial charge in [0, 0.05) is 26.2 Å². The molecule has 94 valence electrons. The van der Waals surface area contributed by atoms with Gasteiger partial charge in [-0.1, -0.05) is 6.92 Å². The molecule has 1 fully saturated rings. The smallest absolute Gasteiger partial charge is 0.321 e. The molecule has 0 unspecified atom stereocenters. The molecule has 1 aliphatic heterocycles. The molecular weight excluding hydrogens is 232 g/mol. The third-order valence-electron chi connectivity index (χ3n) is 2.50. The zero-order valence-electron chi connectivity index (χ0n) is 9.35. The van der Waals surface area contributed by atoms with Crippen molar-refractivity contribution in [1.82, 2.24) is 14.6 Å². The van der Waals surface area contributed by atoms with Crippen LogP contribution in [0, 0.1) is 0 Å². The maximum Gasteiger partial charge on any atom is 0.331 e. The van der Waals surface area contributed by atoms with Crippen LogP contribution in [-0.2, 0) is 10.0 Å².